The smallest absolute Gasteiger partial charge is 0.337 e. The van der Waals surface area contributed by atoms with Gasteiger partial charge < -0.3 is 4.74 Å². The quantitative estimate of drug-likeness (QED) is 0.627. The first kappa shape index (κ1) is 12.2. The molecule has 1 aliphatic rings. The Morgan fingerprint density at radius 1 is 1.62 bits per heavy atom. The summed E-state index contributed by atoms with van der Waals surface area (Å²) in [5, 5.41) is 8.80. The predicted molar refractivity (Wildman–Crippen MR) is 57.2 cm³/mol. The lowest BCUT2D eigenvalue weighted by molar-refractivity contribution is -0.135. The number of carbonyl (C=O) groups is 2. The second-order valence-electron chi connectivity index (χ2n) is 3.72. The van der Waals surface area contributed by atoms with Gasteiger partial charge in [0.15, 0.2) is 5.78 Å². The summed E-state index contributed by atoms with van der Waals surface area (Å²) < 4.78 is 4.59. The van der Waals surface area contributed by atoms with Crippen molar-refractivity contribution in [3.05, 3.63) is 23.3 Å². The molecule has 0 spiro atoms. The van der Waals surface area contributed by atoms with Crippen molar-refractivity contribution in [2.45, 2.75) is 19.8 Å². The summed E-state index contributed by atoms with van der Waals surface area (Å²) in [6, 6.07) is 1.81. The SMILES string of the molecule is COC(=O)C1=CC(C)CCC(=O)C(C#N)=C1. The summed E-state index contributed by atoms with van der Waals surface area (Å²) in [4.78, 5) is 22.9. The zero-order valence-electron chi connectivity index (χ0n) is 9.32. The predicted octanol–water partition coefficient (Wildman–Crippen LogP) is 1.53. The van der Waals surface area contributed by atoms with Crippen molar-refractivity contribution in [2.24, 2.45) is 5.92 Å². The van der Waals surface area contributed by atoms with Gasteiger partial charge in [-0.25, -0.2) is 4.79 Å². The van der Waals surface area contributed by atoms with E-state index in [9.17, 15) is 9.59 Å². The maximum atomic E-state index is 11.5. The van der Waals surface area contributed by atoms with Crippen LogP contribution in [0.3, 0.4) is 0 Å². The fourth-order valence-electron chi connectivity index (χ4n) is 1.51. The lowest BCUT2D eigenvalue weighted by Crippen LogP contribution is -2.12. The molecule has 0 bridgehead atoms. The molecule has 0 saturated carbocycles. The second kappa shape index (κ2) is 5.26. The number of rotatable bonds is 1. The van der Waals surface area contributed by atoms with Gasteiger partial charge in [-0.1, -0.05) is 13.0 Å². The van der Waals surface area contributed by atoms with Gasteiger partial charge in [0.05, 0.1) is 18.3 Å². The van der Waals surface area contributed by atoms with Gasteiger partial charge in [0.2, 0.25) is 0 Å². The van der Waals surface area contributed by atoms with Gasteiger partial charge in [-0.3, -0.25) is 4.79 Å². The minimum atomic E-state index is -0.519. The molecule has 1 unspecified atom stereocenters. The van der Waals surface area contributed by atoms with Crippen molar-refractivity contribution in [2.75, 3.05) is 7.11 Å². The number of nitrogens with zero attached hydrogens (tertiary/aromatic N) is 1. The first-order valence-corrected chi connectivity index (χ1v) is 5.03. The summed E-state index contributed by atoms with van der Waals surface area (Å²) in [6.45, 7) is 1.92. The molecule has 84 valence electrons. The van der Waals surface area contributed by atoms with E-state index in [4.69, 9.17) is 5.26 Å². The van der Waals surface area contributed by atoms with Crippen LogP contribution in [0, 0.1) is 17.2 Å². The largest absolute Gasteiger partial charge is 0.465 e. The average Bonchev–Trinajstić information content (AvgIpc) is 2.28. The Labute approximate surface area is 94.2 Å². The normalized spacial score (nSPS) is 21.1. The van der Waals surface area contributed by atoms with Gasteiger partial charge >= 0.3 is 5.97 Å². The summed E-state index contributed by atoms with van der Waals surface area (Å²) >= 11 is 0. The molecule has 0 aromatic heterocycles. The first-order chi connectivity index (χ1) is 7.58. The maximum absolute atomic E-state index is 11.5. The van der Waals surface area contributed by atoms with Crippen LogP contribution in [0.4, 0.5) is 0 Å². The van der Waals surface area contributed by atoms with Gasteiger partial charge in [-0.15, -0.1) is 0 Å². The second-order valence-corrected chi connectivity index (χ2v) is 3.72. The topological polar surface area (TPSA) is 67.2 Å². The van der Waals surface area contributed by atoms with Crippen molar-refractivity contribution in [3.63, 3.8) is 0 Å². The Bertz CT molecular complexity index is 412. The van der Waals surface area contributed by atoms with Crippen LogP contribution in [-0.4, -0.2) is 18.9 Å². The highest BCUT2D eigenvalue weighted by molar-refractivity contribution is 6.02. The molecule has 0 amide bonds. The summed E-state index contributed by atoms with van der Waals surface area (Å²) in [5.41, 5.74) is 0.295. The highest BCUT2D eigenvalue weighted by atomic mass is 16.5. The summed E-state index contributed by atoms with van der Waals surface area (Å²) in [7, 11) is 1.27. The van der Waals surface area contributed by atoms with E-state index in [1.165, 1.54) is 13.2 Å². The Morgan fingerprint density at radius 3 is 2.88 bits per heavy atom. The van der Waals surface area contributed by atoms with E-state index in [2.05, 4.69) is 4.74 Å². The third kappa shape index (κ3) is 2.80. The molecule has 16 heavy (non-hydrogen) atoms. The number of ether oxygens (including phenoxy) is 1. The number of ketones is 1. The van der Waals surface area contributed by atoms with Crippen LogP contribution in [0.5, 0.6) is 0 Å². The van der Waals surface area contributed by atoms with Crippen molar-refractivity contribution in [1.82, 2.24) is 0 Å². The minimum Gasteiger partial charge on any atom is -0.465 e. The van der Waals surface area contributed by atoms with Crippen molar-refractivity contribution in [1.29, 1.82) is 5.26 Å². The van der Waals surface area contributed by atoms with Crippen LogP contribution < -0.4 is 0 Å². The van der Waals surface area contributed by atoms with Crippen LogP contribution in [-0.2, 0) is 14.3 Å². The fourth-order valence-corrected chi connectivity index (χ4v) is 1.51. The van der Waals surface area contributed by atoms with Gasteiger partial charge in [0, 0.05) is 6.42 Å². The van der Waals surface area contributed by atoms with E-state index < -0.39 is 5.97 Å². The molecule has 4 nitrogen and oxygen atoms in total. The molecular weight excluding hydrogens is 206 g/mol. The van der Waals surface area contributed by atoms with E-state index in [0.717, 1.165) is 0 Å². The molecule has 1 aliphatic carbocycles. The molecule has 0 radical (unpaired) electrons. The van der Waals surface area contributed by atoms with E-state index in [0.29, 0.717) is 12.8 Å². The lowest BCUT2D eigenvalue weighted by atomic mass is 9.93. The van der Waals surface area contributed by atoms with Gasteiger partial charge in [0.1, 0.15) is 6.07 Å². The minimum absolute atomic E-state index is 0.0172. The molecule has 1 rings (SSSR count). The molecule has 0 fully saturated rings. The fraction of sp³-hybridized carbons (Fsp3) is 0.417. The van der Waals surface area contributed by atoms with Gasteiger partial charge in [-0.2, -0.15) is 5.26 Å². The van der Waals surface area contributed by atoms with E-state index >= 15 is 0 Å². The van der Waals surface area contributed by atoms with Gasteiger partial charge in [-0.05, 0) is 18.4 Å². The highest BCUT2D eigenvalue weighted by Crippen LogP contribution is 2.19. The van der Waals surface area contributed by atoms with Crippen LogP contribution in [0.2, 0.25) is 0 Å². The number of esters is 1. The van der Waals surface area contributed by atoms with Crippen LogP contribution in [0.15, 0.2) is 23.3 Å². The number of allylic oxidation sites excluding steroid dienone is 2. The zero-order valence-corrected chi connectivity index (χ0v) is 9.32. The number of hydrogen-bond acceptors (Lipinski definition) is 4. The van der Waals surface area contributed by atoms with Crippen molar-refractivity contribution < 1.29 is 14.3 Å². The van der Waals surface area contributed by atoms with E-state index in [-0.39, 0.29) is 22.8 Å². The summed E-state index contributed by atoms with van der Waals surface area (Å²) in [5.74, 6) is -0.618. The number of methoxy groups -OCH3 is 1. The number of carbonyl (C=O) groups excluding carboxylic acids is 2. The van der Waals surface area contributed by atoms with Crippen LogP contribution >= 0.6 is 0 Å². The van der Waals surface area contributed by atoms with Crippen molar-refractivity contribution >= 4 is 11.8 Å². The molecule has 0 saturated heterocycles. The standard InChI is InChI=1S/C12H13NO3/c1-8-3-4-11(14)10(7-13)6-9(5-8)12(15)16-2/h5-6,8H,3-4H2,1-2H3. The number of hydrogen-bond donors (Lipinski definition) is 0. The average molecular weight is 219 g/mol. The zero-order chi connectivity index (χ0) is 12.1. The molecule has 0 aliphatic heterocycles. The third-order valence-corrected chi connectivity index (χ3v) is 2.43. The Balaban J connectivity index is 3.15. The first-order valence-electron chi connectivity index (χ1n) is 5.03. The molecule has 0 aromatic rings. The molecule has 1 atom stereocenters. The van der Waals surface area contributed by atoms with Crippen LogP contribution in [0.1, 0.15) is 19.8 Å². The third-order valence-electron chi connectivity index (χ3n) is 2.43. The van der Waals surface area contributed by atoms with E-state index in [1.807, 2.05) is 13.0 Å². The summed E-state index contributed by atoms with van der Waals surface area (Å²) in [6.07, 6.45) is 4.02. The lowest BCUT2D eigenvalue weighted by Gasteiger charge is -2.11. The Morgan fingerprint density at radius 2 is 2.31 bits per heavy atom. The highest BCUT2D eigenvalue weighted by Gasteiger charge is 2.18. The molecular formula is C12H13NO3. The molecule has 0 heterocycles. The van der Waals surface area contributed by atoms with Crippen LogP contribution in [0.25, 0.3) is 0 Å². The van der Waals surface area contributed by atoms with E-state index in [1.54, 1.807) is 6.08 Å². The number of nitriles is 1. The molecule has 0 aromatic carbocycles. The maximum Gasteiger partial charge on any atom is 0.337 e. The monoisotopic (exact) mass is 219 g/mol. The van der Waals surface area contributed by atoms with Crippen molar-refractivity contribution in [3.8, 4) is 6.07 Å². The Hall–Kier alpha value is -1.89. The van der Waals surface area contributed by atoms with Gasteiger partial charge in [0.25, 0.3) is 0 Å². The molecule has 0 N–H and O–H groups in total. The number of Topliss-reactive ketones (excluding diaryl/α,β-unsaturated/α-hetero) is 1. The Kier molecular flexibility index (Phi) is 4.01. The molecule has 4 heteroatoms.